The third-order valence-corrected chi connectivity index (χ3v) is 4.34. The molecule has 0 aromatic heterocycles. The van der Waals surface area contributed by atoms with Crippen LogP contribution in [0.15, 0.2) is 23.1 Å². The maximum atomic E-state index is 12.9. The maximum absolute atomic E-state index is 12.9. The zero-order chi connectivity index (χ0) is 13.2. The zero-order valence-corrected chi connectivity index (χ0v) is 10.5. The van der Waals surface area contributed by atoms with Crippen LogP contribution in [-0.4, -0.2) is 28.2 Å². The summed E-state index contributed by atoms with van der Waals surface area (Å²) < 4.78 is 44.4. The number of nitrogen functional groups attached to an aromatic ring is 1. The second-order valence-corrected chi connectivity index (χ2v) is 6.00. The molecule has 1 atom stereocenters. The maximum Gasteiger partial charge on any atom is 0.242 e. The number of rotatable bonds is 4. The number of hydrogen-bond acceptors (Lipinski definition) is 4. The van der Waals surface area contributed by atoms with E-state index in [1.165, 1.54) is 0 Å². The normalized spacial score (nSPS) is 20.2. The van der Waals surface area contributed by atoms with Crippen molar-refractivity contribution in [2.45, 2.75) is 11.3 Å². The van der Waals surface area contributed by atoms with Crippen molar-refractivity contribution in [2.75, 3.05) is 25.5 Å². The smallest absolute Gasteiger partial charge is 0.242 e. The molecular formula is C11H15FN2O3S. The van der Waals surface area contributed by atoms with E-state index in [9.17, 15) is 12.8 Å². The van der Waals surface area contributed by atoms with E-state index < -0.39 is 15.8 Å². The average Bonchev–Trinajstić information content (AvgIpc) is 2.78. The van der Waals surface area contributed by atoms with Gasteiger partial charge in [0.05, 0.1) is 12.3 Å². The Bertz CT molecular complexity index is 527. The molecule has 1 aromatic rings. The molecule has 1 aliphatic rings. The number of anilines is 1. The van der Waals surface area contributed by atoms with Crippen LogP contribution in [-0.2, 0) is 14.8 Å². The van der Waals surface area contributed by atoms with E-state index in [4.69, 9.17) is 10.5 Å². The quantitative estimate of drug-likeness (QED) is 0.793. The first-order valence-electron chi connectivity index (χ1n) is 5.61. The fourth-order valence-corrected chi connectivity index (χ4v) is 3.04. The molecule has 0 aliphatic carbocycles. The van der Waals surface area contributed by atoms with Gasteiger partial charge in [-0.1, -0.05) is 0 Å². The second-order valence-electron chi connectivity index (χ2n) is 4.26. The molecule has 1 fully saturated rings. The minimum absolute atomic E-state index is 0.0924. The van der Waals surface area contributed by atoms with Crippen LogP contribution < -0.4 is 10.5 Å². The fraction of sp³-hybridized carbons (Fsp3) is 0.455. The molecule has 2 rings (SSSR count). The molecule has 100 valence electrons. The molecule has 0 amide bonds. The summed E-state index contributed by atoms with van der Waals surface area (Å²) in [6.07, 6.45) is 0.835. The van der Waals surface area contributed by atoms with Gasteiger partial charge in [-0.05, 0) is 30.5 Å². The SMILES string of the molecule is Nc1cc(F)ccc1S(=O)(=O)NCC1CCOC1. The number of ether oxygens (including phenoxy) is 1. The molecule has 0 saturated carbocycles. The molecule has 18 heavy (non-hydrogen) atoms. The van der Waals surface area contributed by atoms with Crippen LogP contribution in [0.4, 0.5) is 10.1 Å². The summed E-state index contributed by atoms with van der Waals surface area (Å²) >= 11 is 0. The highest BCUT2D eigenvalue weighted by Gasteiger charge is 2.21. The van der Waals surface area contributed by atoms with Crippen molar-refractivity contribution in [1.29, 1.82) is 0 Å². The van der Waals surface area contributed by atoms with Crippen LogP contribution in [0.2, 0.25) is 0 Å². The molecule has 7 heteroatoms. The number of halogens is 1. The second kappa shape index (κ2) is 5.21. The Morgan fingerprint density at radius 1 is 1.50 bits per heavy atom. The molecular weight excluding hydrogens is 259 g/mol. The van der Waals surface area contributed by atoms with E-state index in [0.717, 1.165) is 24.6 Å². The Morgan fingerprint density at radius 3 is 2.89 bits per heavy atom. The lowest BCUT2D eigenvalue weighted by molar-refractivity contribution is 0.186. The number of sulfonamides is 1. The lowest BCUT2D eigenvalue weighted by atomic mass is 10.1. The lowest BCUT2D eigenvalue weighted by Gasteiger charge is -2.11. The summed E-state index contributed by atoms with van der Waals surface area (Å²) in [6.45, 7) is 1.52. The summed E-state index contributed by atoms with van der Waals surface area (Å²) in [4.78, 5) is -0.0946. The highest BCUT2D eigenvalue weighted by molar-refractivity contribution is 7.89. The third kappa shape index (κ3) is 2.98. The molecule has 3 N–H and O–H groups in total. The van der Waals surface area contributed by atoms with Crippen LogP contribution in [0.3, 0.4) is 0 Å². The molecule has 0 bridgehead atoms. The largest absolute Gasteiger partial charge is 0.398 e. The van der Waals surface area contributed by atoms with E-state index in [2.05, 4.69) is 4.72 Å². The summed E-state index contributed by atoms with van der Waals surface area (Å²) in [5.41, 5.74) is 5.41. The van der Waals surface area contributed by atoms with Gasteiger partial charge in [0.1, 0.15) is 10.7 Å². The molecule has 1 saturated heterocycles. The van der Waals surface area contributed by atoms with Gasteiger partial charge in [-0.15, -0.1) is 0 Å². The zero-order valence-electron chi connectivity index (χ0n) is 9.73. The molecule has 0 spiro atoms. The van der Waals surface area contributed by atoms with Gasteiger partial charge in [-0.3, -0.25) is 0 Å². The third-order valence-electron chi connectivity index (χ3n) is 2.85. The number of benzene rings is 1. The molecule has 5 nitrogen and oxygen atoms in total. The molecule has 1 unspecified atom stereocenters. The first kappa shape index (κ1) is 13.3. The fourth-order valence-electron chi connectivity index (χ4n) is 1.81. The van der Waals surface area contributed by atoms with Crippen LogP contribution >= 0.6 is 0 Å². The van der Waals surface area contributed by atoms with Crippen molar-refractivity contribution >= 4 is 15.7 Å². The Hall–Kier alpha value is -1.18. The van der Waals surface area contributed by atoms with Crippen LogP contribution in [0, 0.1) is 11.7 Å². The van der Waals surface area contributed by atoms with Crippen molar-refractivity contribution in [1.82, 2.24) is 4.72 Å². The van der Waals surface area contributed by atoms with Crippen molar-refractivity contribution < 1.29 is 17.5 Å². The summed E-state index contributed by atoms with van der Waals surface area (Å²) in [6, 6.07) is 3.23. The first-order valence-corrected chi connectivity index (χ1v) is 7.10. The van der Waals surface area contributed by atoms with Crippen molar-refractivity contribution in [3.05, 3.63) is 24.0 Å². The summed E-state index contributed by atoms with van der Waals surface area (Å²) in [5, 5.41) is 0. The van der Waals surface area contributed by atoms with Gasteiger partial charge >= 0.3 is 0 Å². The topological polar surface area (TPSA) is 81.4 Å². The molecule has 1 heterocycles. The van der Waals surface area contributed by atoms with Gasteiger partial charge < -0.3 is 10.5 Å². The first-order chi connectivity index (χ1) is 8.49. The minimum Gasteiger partial charge on any atom is -0.398 e. The van der Waals surface area contributed by atoms with Crippen molar-refractivity contribution in [2.24, 2.45) is 5.92 Å². The highest BCUT2D eigenvalue weighted by atomic mass is 32.2. The van der Waals surface area contributed by atoms with E-state index >= 15 is 0 Å². The average molecular weight is 274 g/mol. The van der Waals surface area contributed by atoms with Crippen molar-refractivity contribution in [3.8, 4) is 0 Å². The Kier molecular flexibility index (Phi) is 3.84. The van der Waals surface area contributed by atoms with Gasteiger partial charge in [0, 0.05) is 13.2 Å². The van der Waals surface area contributed by atoms with Crippen LogP contribution in [0.1, 0.15) is 6.42 Å². The minimum atomic E-state index is -3.69. The molecule has 1 aromatic carbocycles. The van der Waals surface area contributed by atoms with Gasteiger partial charge in [0.15, 0.2) is 0 Å². The number of nitrogens with two attached hydrogens (primary N) is 1. The van der Waals surface area contributed by atoms with E-state index in [0.29, 0.717) is 19.8 Å². The Morgan fingerprint density at radius 2 is 2.28 bits per heavy atom. The predicted octanol–water partition coefficient (Wildman–Crippen LogP) is 0.723. The van der Waals surface area contributed by atoms with E-state index in [-0.39, 0.29) is 16.5 Å². The van der Waals surface area contributed by atoms with Gasteiger partial charge in [-0.2, -0.15) is 0 Å². The molecule has 0 radical (unpaired) electrons. The predicted molar refractivity (Wildman–Crippen MR) is 64.9 cm³/mol. The standard InChI is InChI=1S/C11H15FN2O3S/c12-9-1-2-11(10(13)5-9)18(15,16)14-6-8-3-4-17-7-8/h1-2,5,8,14H,3-4,6-7,13H2. The number of hydrogen-bond donors (Lipinski definition) is 2. The Balaban J connectivity index is 2.09. The van der Waals surface area contributed by atoms with Gasteiger partial charge in [0.25, 0.3) is 0 Å². The highest BCUT2D eigenvalue weighted by Crippen LogP contribution is 2.19. The van der Waals surface area contributed by atoms with Gasteiger partial charge in [0.2, 0.25) is 10.0 Å². The van der Waals surface area contributed by atoms with Crippen molar-refractivity contribution in [3.63, 3.8) is 0 Å². The van der Waals surface area contributed by atoms with Crippen LogP contribution in [0.5, 0.6) is 0 Å². The lowest BCUT2D eigenvalue weighted by Crippen LogP contribution is -2.30. The van der Waals surface area contributed by atoms with Gasteiger partial charge in [-0.25, -0.2) is 17.5 Å². The van der Waals surface area contributed by atoms with E-state index in [1.54, 1.807) is 0 Å². The van der Waals surface area contributed by atoms with Crippen LogP contribution in [0.25, 0.3) is 0 Å². The molecule has 1 aliphatic heterocycles. The van der Waals surface area contributed by atoms with E-state index in [1.807, 2.05) is 0 Å². The Labute approximate surface area is 105 Å². The summed E-state index contributed by atoms with van der Waals surface area (Å²) in [5.74, 6) is -0.378. The number of nitrogens with one attached hydrogen (secondary N) is 1. The summed E-state index contributed by atoms with van der Waals surface area (Å²) in [7, 11) is -3.69. The monoisotopic (exact) mass is 274 g/mol.